The molecule has 1 amide bonds. The minimum Gasteiger partial charge on any atom is -0.454 e. The van der Waals surface area contributed by atoms with Gasteiger partial charge in [-0.2, -0.15) is 0 Å². The third kappa shape index (κ3) is 4.50. The molecule has 0 fully saturated rings. The molecule has 0 aliphatic rings. The number of rotatable bonds is 5. The topological polar surface area (TPSA) is 72.5 Å². The maximum atomic E-state index is 12.0. The Kier molecular flexibility index (Phi) is 5.28. The van der Waals surface area contributed by atoms with Crippen molar-refractivity contribution in [3.63, 3.8) is 0 Å². The lowest BCUT2D eigenvalue weighted by molar-refractivity contribution is -0.114. The fraction of sp³-hybridized carbons (Fsp3) is 0.235. The normalized spacial score (nSPS) is 10.2. The molecular weight excluding hydrogens is 314 g/mol. The summed E-state index contributed by atoms with van der Waals surface area (Å²) in [7, 11) is 0. The van der Waals surface area contributed by atoms with Crippen LogP contribution in [0.2, 0.25) is 0 Å². The van der Waals surface area contributed by atoms with E-state index in [1.165, 1.54) is 18.3 Å². The number of hydrogen-bond acceptors (Lipinski definition) is 5. The van der Waals surface area contributed by atoms with E-state index in [0.717, 1.165) is 9.75 Å². The predicted octanol–water partition coefficient (Wildman–Crippen LogP) is 3.36. The van der Waals surface area contributed by atoms with Crippen molar-refractivity contribution in [2.24, 2.45) is 0 Å². The minimum atomic E-state index is -0.491. The molecule has 0 aliphatic carbocycles. The summed E-state index contributed by atoms with van der Waals surface area (Å²) < 4.78 is 5.08. The van der Waals surface area contributed by atoms with Crippen LogP contribution in [0.1, 0.15) is 37.4 Å². The van der Waals surface area contributed by atoms with E-state index >= 15 is 0 Å². The molecule has 120 valence electrons. The number of thiophene rings is 1. The number of hydrogen-bond donors (Lipinski definition) is 1. The molecule has 0 atom stereocenters. The Morgan fingerprint density at radius 2 is 1.78 bits per heavy atom. The van der Waals surface area contributed by atoms with Gasteiger partial charge in [0.05, 0.1) is 5.56 Å². The van der Waals surface area contributed by atoms with E-state index < -0.39 is 5.97 Å². The maximum Gasteiger partial charge on any atom is 0.339 e. The Morgan fingerprint density at radius 1 is 1.13 bits per heavy atom. The highest BCUT2D eigenvalue weighted by molar-refractivity contribution is 7.12. The summed E-state index contributed by atoms with van der Waals surface area (Å²) in [5.41, 5.74) is 1.53. The van der Waals surface area contributed by atoms with Gasteiger partial charge >= 0.3 is 5.97 Å². The molecule has 2 aromatic rings. The molecule has 1 aromatic carbocycles. The largest absolute Gasteiger partial charge is 0.454 e. The number of amides is 1. The van der Waals surface area contributed by atoms with E-state index in [1.807, 2.05) is 13.8 Å². The maximum absolute atomic E-state index is 12.0. The van der Waals surface area contributed by atoms with Gasteiger partial charge < -0.3 is 10.1 Å². The van der Waals surface area contributed by atoms with Gasteiger partial charge in [-0.05, 0) is 44.2 Å². The van der Waals surface area contributed by atoms with Crippen LogP contribution in [-0.4, -0.2) is 24.3 Å². The average molecular weight is 331 g/mol. The van der Waals surface area contributed by atoms with Crippen LogP contribution in [0.3, 0.4) is 0 Å². The Bertz CT molecular complexity index is 746. The summed E-state index contributed by atoms with van der Waals surface area (Å²) in [5, 5.41) is 2.62. The number of benzene rings is 1. The molecule has 0 bridgehead atoms. The van der Waals surface area contributed by atoms with Gasteiger partial charge in [0, 0.05) is 27.9 Å². The quantitative estimate of drug-likeness (QED) is 0.673. The first-order chi connectivity index (χ1) is 10.9. The van der Waals surface area contributed by atoms with Crippen LogP contribution < -0.4 is 5.32 Å². The Balaban J connectivity index is 1.95. The van der Waals surface area contributed by atoms with Crippen LogP contribution in [0.4, 0.5) is 5.69 Å². The number of nitrogens with one attached hydrogen (secondary N) is 1. The van der Waals surface area contributed by atoms with E-state index in [2.05, 4.69) is 5.32 Å². The number of ketones is 1. The highest BCUT2D eigenvalue weighted by Gasteiger charge is 2.15. The second-order valence-electron chi connectivity index (χ2n) is 5.08. The molecule has 0 saturated heterocycles. The summed E-state index contributed by atoms with van der Waals surface area (Å²) in [6, 6.07) is 8.18. The van der Waals surface area contributed by atoms with Crippen LogP contribution in [0.25, 0.3) is 0 Å². The van der Waals surface area contributed by atoms with E-state index in [0.29, 0.717) is 16.8 Å². The molecule has 6 heteroatoms. The number of carbonyl (C=O) groups excluding carboxylic acids is 3. The predicted molar refractivity (Wildman–Crippen MR) is 89.2 cm³/mol. The number of ether oxygens (including phenoxy) is 1. The molecule has 2 rings (SSSR count). The van der Waals surface area contributed by atoms with E-state index in [1.54, 1.807) is 30.3 Å². The number of carbonyl (C=O) groups is 3. The molecule has 1 heterocycles. The molecule has 0 spiro atoms. The smallest absolute Gasteiger partial charge is 0.339 e. The first-order valence-electron chi connectivity index (χ1n) is 7.02. The zero-order valence-electron chi connectivity index (χ0n) is 13.1. The number of Topliss-reactive ketones (excluding diaryl/α,β-unsaturated/α-hetero) is 1. The van der Waals surface area contributed by atoms with Gasteiger partial charge in [-0.25, -0.2) is 4.79 Å². The Hall–Kier alpha value is -2.47. The summed E-state index contributed by atoms with van der Waals surface area (Å²) in [5.74, 6) is -0.966. The van der Waals surface area contributed by atoms with E-state index in [4.69, 9.17) is 4.74 Å². The van der Waals surface area contributed by atoms with Crippen molar-refractivity contribution in [1.29, 1.82) is 0 Å². The first kappa shape index (κ1) is 16.9. The lowest BCUT2D eigenvalue weighted by atomic mass is 10.1. The Labute approximate surface area is 138 Å². The summed E-state index contributed by atoms with van der Waals surface area (Å²) in [6.07, 6.45) is 0. The molecule has 23 heavy (non-hydrogen) atoms. The number of aryl methyl sites for hydroxylation is 2. The van der Waals surface area contributed by atoms with Crippen molar-refractivity contribution in [2.75, 3.05) is 11.9 Å². The van der Waals surface area contributed by atoms with Crippen molar-refractivity contribution >= 4 is 34.7 Å². The van der Waals surface area contributed by atoms with Gasteiger partial charge in [-0.15, -0.1) is 11.3 Å². The molecular formula is C17H17NO4S. The molecule has 1 N–H and O–H groups in total. The Morgan fingerprint density at radius 3 is 2.30 bits per heavy atom. The van der Waals surface area contributed by atoms with Gasteiger partial charge in [-0.1, -0.05) is 0 Å². The molecule has 1 aromatic heterocycles. The van der Waals surface area contributed by atoms with Crippen LogP contribution in [0.15, 0.2) is 30.3 Å². The highest BCUT2D eigenvalue weighted by Crippen LogP contribution is 2.21. The average Bonchev–Trinajstić information content (AvgIpc) is 2.83. The zero-order chi connectivity index (χ0) is 17.0. The fourth-order valence-corrected chi connectivity index (χ4v) is 2.98. The van der Waals surface area contributed by atoms with Crippen molar-refractivity contribution in [3.05, 3.63) is 51.2 Å². The van der Waals surface area contributed by atoms with Crippen molar-refractivity contribution in [1.82, 2.24) is 0 Å². The van der Waals surface area contributed by atoms with E-state index in [9.17, 15) is 14.4 Å². The first-order valence-corrected chi connectivity index (χ1v) is 7.83. The number of esters is 1. The minimum absolute atomic E-state index is 0.181. The van der Waals surface area contributed by atoms with Crippen molar-refractivity contribution in [2.45, 2.75) is 20.8 Å². The zero-order valence-corrected chi connectivity index (χ0v) is 14.0. The third-order valence-corrected chi connectivity index (χ3v) is 4.09. The lowest BCUT2D eigenvalue weighted by Crippen LogP contribution is -2.14. The van der Waals surface area contributed by atoms with E-state index in [-0.39, 0.29) is 18.3 Å². The summed E-state index contributed by atoms with van der Waals surface area (Å²) in [4.78, 5) is 36.9. The molecule has 0 saturated carbocycles. The third-order valence-electron chi connectivity index (χ3n) is 3.12. The standard InChI is InChI=1S/C17H17NO4S/c1-10-8-15(11(2)23-10)17(21)22-9-16(20)13-4-6-14(7-5-13)18-12(3)19/h4-8H,9H2,1-3H3,(H,18,19). The lowest BCUT2D eigenvalue weighted by Gasteiger charge is -2.05. The second kappa shape index (κ2) is 7.19. The van der Waals surface area contributed by atoms with Gasteiger partial charge in [0.1, 0.15) is 0 Å². The highest BCUT2D eigenvalue weighted by atomic mass is 32.1. The van der Waals surface area contributed by atoms with Crippen LogP contribution >= 0.6 is 11.3 Å². The van der Waals surface area contributed by atoms with Crippen LogP contribution in [0, 0.1) is 13.8 Å². The van der Waals surface area contributed by atoms with Gasteiger partial charge in [0.25, 0.3) is 0 Å². The van der Waals surface area contributed by atoms with Crippen LogP contribution in [0.5, 0.6) is 0 Å². The van der Waals surface area contributed by atoms with Crippen molar-refractivity contribution in [3.8, 4) is 0 Å². The molecule has 0 radical (unpaired) electrons. The van der Waals surface area contributed by atoms with Gasteiger partial charge in [0.2, 0.25) is 5.91 Å². The number of anilines is 1. The van der Waals surface area contributed by atoms with Crippen LogP contribution in [-0.2, 0) is 9.53 Å². The van der Waals surface area contributed by atoms with Gasteiger partial charge in [-0.3, -0.25) is 9.59 Å². The summed E-state index contributed by atoms with van der Waals surface area (Å²) in [6.45, 7) is 4.85. The fourth-order valence-electron chi connectivity index (χ4n) is 2.07. The van der Waals surface area contributed by atoms with Gasteiger partial charge in [0.15, 0.2) is 12.4 Å². The monoisotopic (exact) mass is 331 g/mol. The molecule has 5 nitrogen and oxygen atoms in total. The summed E-state index contributed by atoms with van der Waals surface area (Å²) >= 11 is 1.51. The molecule has 0 aliphatic heterocycles. The van der Waals surface area contributed by atoms with Crippen molar-refractivity contribution < 1.29 is 19.1 Å². The SMILES string of the molecule is CC(=O)Nc1ccc(C(=O)COC(=O)c2cc(C)sc2C)cc1. The second-order valence-corrected chi connectivity index (χ2v) is 6.55. The molecule has 0 unspecified atom stereocenters.